The number of rotatable bonds is 0. The molecular formula is C26H40. The first-order chi connectivity index (χ1) is 13.0. The first-order valence-electron chi connectivity index (χ1n) is 11.0. The van der Waals surface area contributed by atoms with Gasteiger partial charge in [0.2, 0.25) is 0 Å². The molecule has 0 aromatic rings. The van der Waals surface area contributed by atoms with E-state index in [-0.39, 0.29) is 0 Å². The van der Waals surface area contributed by atoms with Gasteiger partial charge in [-0.25, -0.2) is 0 Å². The summed E-state index contributed by atoms with van der Waals surface area (Å²) in [6, 6.07) is 0. The Morgan fingerprint density at radius 2 is 0.462 bits per heavy atom. The minimum Gasteiger partial charge on any atom is -0.0845 e. The van der Waals surface area contributed by atoms with Crippen LogP contribution >= 0.6 is 0 Å². The van der Waals surface area contributed by atoms with Crippen LogP contribution in [0.15, 0.2) is 72.9 Å². The molecular weight excluding hydrogens is 312 g/mol. The maximum absolute atomic E-state index is 2.29. The average Bonchev–Trinajstić information content (AvgIpc) is 2.65. The number of hydrogen-bond donors (Lipinski definition) is 0. The largest absolute Gasteiger partial charge is 0.0845 e. The third kappa shape index (κ3) is 17.3. The van der Waals surface area contributed by atoms with Crippen LogP contribution in [0.25, 0.3) is 0 Å². The lowest BCUT2D eigenvalue weighted by atomic mass is 10.0. The van der Waals surface area contributed by atoms with Gasteiger partial charge in [-0.05, 0) is 25.7 Å². The quantitative estimate of drug-likeness (QED) is 0.408. The summed E-state index contributed by atoms with van der Waals surface area (Å²) >= 11 is 0. The molecule has 0 heterocycles. The Kier molecular flexibility index (Phi) is 17.1. The van der Waals surface area contributed by atoms with Crippen molar-refractivity contribution >= 4 is 0 Å². The summed E-state index contributed by atoms with van der Waals surface area (Å²) in [4.78, 5) is 0. The van der Waals surface area contributed by atoms with E-state index in [0.29, 0.717) is 0 Å². The summed E-state index contributed by atoms with van der Waals surface area (Å²) in [5.41, 5.74) is 0. The van der Waals surface area contributed by atoms with E-state index in [1.165, 1.54) is 89.9 Å². The molecule has 0 atom stereocenters. The van der Waals surface area contributed by atoms with E-state index >= 15 is 0 Å². The fraction of sp³-hybridized carbons (Fsp3) is 0.538. The second-order valence-electron chi connectivity index (χ2n) is 7.22. The second-order valence-corrected chi connectivity index (χ2v) is 7.22. The Hall–Kier alpha value is -1.56. The summed E-state index contributed by atoms with van der Waals surface area (Å²) in [5, 5.41) is 0. The van der Waals surface area contributed by atoms with Crippen molar-refractivity contribution < 1.29 is 0 Å². The maximum atomic E-state index is 2.29. The molecule has 26 heavy (non-hydrogen) atoms. The fourth-order valence-electron chi connectivity index (χ4n) is 3.15. The van der Waals surface area contributed by atoms with Crippen LogP contribution in [0.3, 0.4) is 0 Å². The lowest BCUT2D eigenvalue weighted by Gasteiger charge is -2.02. The van der Waals surface area contributed by atoms with E-state index in [1.807, 2.05) is 0 Å². The third-order valence-electron chi connectivity index (χ3n) is 4.76. The lowest BCUT2D eigenvalue weighted by Crippen LogP contribution is -1.82. The van der Waals surface area contributed by atoms with Crippen molar-refractivity contribution in [1.29, 1.82) is 0 Å². The highest BCUT2D eigenvalue weighted by Gasteiger charge is 1.93. The molecule has 0 bridgehead atoms. The van der Waals surface area contributed by atoms with Crippen LogP contribution in [0.2, 0.25) is 0 Å². The molecule has 0 aromatic carbocycles. The molecule has 1 aliphatic rings. The first kappa shape index (κ1) is 22.5. The van der Waals surface area contributed by atoms with Crippen molar-refractivity contribution in [3.8, 4) is 0 Å². The fourth-order valence-corrected chi connectivity index (χ4v) is 3.15. The van der Waals surface area contributed by atoms with Gasteiger partial charge in [-0.2, -0.15) is 0 Å². The highest BCUT2D eigenvalue weighted by molar-refractivity contribution is 5.19. The van der Waals surface area contributed by atoms with Crippen LogP contribution in [0.5, 0.6) is 0 Å². The minimum absolute atomic E-state index is 1.21. The molecule has 0 saturated heterocycles. The maximum Gasteiger partial charge on any atom is -0.0348 e. The number of hydrogen-bond acceptors (Lipinski definition) is 0. The summed E-state index contributed by atoms with van der Waals surface area (Å²) in [6.07, 6.45) is 45.0. The van der Waals surface area contributed by atoms with E-state index in [9.17, 15) is 0 Å². The number of allylic oxidation sites excluding steroid dienone is 12. The topological polar surface area (TPSA) is 0 Å². The van der Waals surface area contributed by atoms with Gasteiger partial charge in [0, 0.05) is 0 Å². The van der Waals surface area contributed by atoms with Crippen molar-refractivity contribution in [2.45, 2.75) is 89.9 Å². The predicted molar refractivity (Wildman–Crippen MR) is 119 cm³/mol. The molecule has 0 aliphatic heterocycles. The van der Waals surface area contributed by atoms with Gasteiger partial charge in [-0.3, -0.25) is 0 Å². The Bertz CT molecular complexity index is 412. The van der Waals surface area contributed by atoms with E-state index < -0.39 is 0 Å². The van der Waals surface area contributed by atoms with Gasteiger partial charge < -0.3 is 0 Å². The zero-order valence-corrected chi connectivity index (χ0v) is 16.8. The predicted octanol–water partition coefficient (Wildman–Crippen LogP) is 8.80. The average molecular weight is 353 g/mol. The third-order valence-corrected chi connectivity index (χ3v) is 4.76. The standard InChI is InChI=1S/C26H40/c1-2-4-6-8-10-12-14-16-18-20-22-24-26-25-23-21-19-17-15-13-11-9-7-5-3-1/h1-12H,13-26H2. The molecule has 0 heteroatoms. The Labute approximate surface area is 163 Å². The molecule has 0 spiro atoms. The van der Waals surface area contributed by atoms with Crippen LogP contribution in [0.1, 0.15) is 89.9 Å². The Balaban J connectivity index is 2.28. The molecule has 0 radical (unpaired) electrons. The normalized spacial score (nSPS) is 20.3. The highest BCUT2D eigenvalue weighted by Crippen LogP contribution is 2.13. The molecule has 0 fully saturated rings. The molecule has 0 unspecified atom stereocenters. The minimum atomic E-state index is 1.21. The molecule has 0 nitrogen and oxygen atoms in total. The monoisotopic (exact) mass is 352 g/mol. The summed E-state index contributed by atoms with van der Waals surface area (Å²) < 4.78 is 0. The Morgan fingerprint density at radius 1 is 0.231 bits per heavy atom. The first-order valence-corrected chi connectivity index (χ1v) is 11.0. The molecule has 144 valence electrons. The molecule has 0 aromatic heterocycles. The van der Waals surface area contributed by atoms with Gasteiger partial charge in [0.25, 0.3) is 0 Å². The Morgan fingerprint density at radius 3 is 0.769 bits per heavy atom. The molecule has 1 rings (SSSR count). The smallest absolute Gasteiger partial charge is 0.0348 e. The van der Waals surface area contributed by atoms with Crippen LogP contribution < -0.4 is 0 Å². The van der Waals surface area contributed by atoms with Gasteiger partial charge in [0.15, 0.2) is 0 Å². The van der Waals surface area contributed by atoms with Gasteiger partial charge in [-0.15, -0.1) is 0 Å². The van der Waals surface area contributed by atoms with Gasteiger partial charge in [-0.1, -0.05) is 137 Å². The zero-order chi connectivity index (χ0) is 18.4. The van der Waals surface area contributed by atoms with E-state index in [2.05, 4.69) is 72.9 Å². The highest BCUT2D eigenvalue weighted by atomic mass is 14.0. The second kappa shape index (κ2) is 19.8. The van der Waals surface area contributed by atoms with Crippen molar-refractivity contribution in [3.05, 3.63) is 72.9 Å². The van der Waals surface area contributed by atoms with E-state index in [4.69, 9.17) is 0 Å². The van der Waals surface area contributed by atoms with Gasteiger partial charge in [0.1, 0.15) is 0 Å². The van der Waals surface area contributed by atoms with Gasteiger partial charge in [0.05, 0.1) is 0 Å². The van der Waals surface area contributed by atoms with Crippen molar-refractivity contribution in [3.63, 3.8) is 0 Å². The molecule has 0 N–H and O–H groups in total. The summed E-state index contributed by atoms with van der Waals surface area (Å²) in [5.74, 6) is 0. The van der Waals surface area contributed by atoms with Crippen LogP contribution in [-0.4, -0.2) is 0 Å². The van der Waals surface area contributed by atoms with Crippen molar-refractivity contribution in [2.75, 3.05) is 0 Å². The van der Waals surface area contributed by atoms with Crippen molar-refractivity contribution in [1.82, 2.24) is 0 Å². The molecule has 0 saturated carbocycles. The van der Waals surface area contributed by atoms with Crippen LogP contribution in [0.4, 0.5) is 0 Å². The zero-order valence-electron chi connectivity index (χ0n) is 16.8. The van der Waals surface area contributed by atoms with E-state index in [0.717, 1.165) is 0 Å². The van der Waals surface area contributed by atoms with Crippen LogP contribution in [-0.2, 0) is 0 Å². The summed E-state index contributed by atoms with van der Waals surface area (Å²) in [6.45, 7) is 0. The van der Waals surface area contributed by atoms with E-state index in [1.54, 1.807) is 0 Å². The lowest BCUT2D eigenvalue weighted by molar-refractivity contribution is 0.542. The molecule has 1 aliphatic carbocycles. The SMILES string of the molecule is C1=CC=CC=CCCCCCCCCCCCCCCC=CC=CC=C1. The summed E-state index contributed by atoms with van der Waals surface area (Å²) in [7, 11) is 0. The van der Waals surface area contributed by atoms with Gasteiger partial charge >= 0.3 is 0 Å². The van der Waals surface area contributed by atoms with Crippen LogP contribution in [0, 0.1) is 0 Å². The van der Waals surface area contributed by atoms with Crippen molar-refractivity contribution in [2.24, 2.45) is 0 Å². The molecule has 0 amide bonds.